The van der Waals surface area contributed by atoms with Gasteiger partial charge in [-0.1, -0.05) is 18.2 Å². The van der Waals surface area contributed by atoms with Crippen molar-refractivity contribution in [3.63, 3.8) is 0 Å². The summed E-state index contributed by atoms with van der Waals surface area (Å²) in [4.78, 5) is 52.6. The lowest BCUT2D eigenvalue weighted by Gasteiger charge is -2.43. The molecule has 14 atom stereocenters. The molecular formula is C42H54O23. The highest BCUT2D eigenvalue weighted by Crippen LogP contribution is 2.39. The Kier molecular flexibility index (Phi) is 17.8. The molecule has 0 aromatic heterocycles. The summed E-state index contributed by atoms with van der Waals surface area (Å²) >= 11 is 0. The van der Waals surface area contributed by atoms with Crippen LogP contribution in [-0.2, 0) is 73.0 Å². The Morgan fingerprint density at radius 1 is 0.662 bits per heavy atom. The maximum Gasteiger partial charge on any atom is 0.337 e. The first kappa shape index (κ1) is 50.8. The van der Waals surface area contributed by atoms with Crippen LogP contribution in [0.4, 0.5) is 0 Å². The minimum absolute atomic E-state index is 0.0769. The maximum atomic E-state index is 13.8. The van der Waals surface area contributed by atoms with Crippen LogP contribution >= 0.6 is 0 Å². The van der Waals surface area contributed by atoms with E-state index in [2.05, 4.69) is 0 Å². The van der Waals surface area contributed by atoms with Gasteiger partial charge in [0.1, 0.15) is 42.7 Å². The van der Waals surface area contributed by atoms with Gasteiger partial charge in [-0.3, -0.25) is 9.59 Å². The normalized spacial score (nSPS) is 33.8. The van der Waals surface area contributed by atoms with Gasteiger partial charge in [-0.15, -0.1) is 0 Å². The zero-order valence-electron chi connectivity index (χ0n) is 35.6. The van der Waals surface area contributed by atoms with Crippen molar-refractivity contribution in [1.82, 2.24) is 0 Å². The summed E-state index contributed by atoms with van der Waals surface area (Å²) in [5.41, 5.74) is 0.479. The van der Waals surface area contributed by atoms with E-state index in [0.717, 1.165) is 26.7 Å². The number of hydrogen-bond acceptors (Lipinski definition) is 23. The number of aliphatic hydroxyl groups excluding tert-OH is 7. The van der Waals surface area contributed by atoms with Crippen LogP contribution in [0.5, 0.6) is 11.5 Å². The Hall–Kier alpha value is -5.18. The van der Waals surface area contributed by atoms with Crippen molar-refractivity contribution >= 4 is 23.9 Å². The predicted molar refractivity (Wildman–Crippen MR) is 212 cm³/mol. The van der Waals surface area contributed by atoms with E-state index in [1.807, 2.05) is 0 Å². The quantitative estimate of drug-likeness (QED) is 0.0378. The molecule has 0 radical (unpaired) electrons. The van der Waals surface area contributed by atoms with E-state index in [1.165, 1.54) is 37.3 Å². The van der Waals surface area contributed by atoms with Crippen molar-refractivity contribution in [1.29, 1.82) is 0 Å². The average Bonchev–Trinajstić information content (AvgIpc) is 3.29. The highest BCUT2D eigenvalue weighted by Gasteiger charge is 2.51. The second-order valence-electron chi connectivity index (χ2n) is 15.1. The van der Waals surface area contributed by atoms with Crippen molar-refractivity contribution in [3.05, 3.63) is 70.7 Å². The van der Waals surface area contributed by atoms with Crippen molar-refractivity contribution in [2.24, 2.45) is 11.8 Å². The van der Waals surface area contributed by atoms with Crippen LogP contribution in [0.1, 0.15) is 32.3 Å². The van der Waals surface area contributed by atoms with Gasteiger partial charge in [0.25, 0.3) is 0 Å². The third kappa shape index (κ3) is 11.6. The molecule has 2 saturated heterocycles. The number of aromatic hydroxyl groups is 2. The molecule has 0 unspecified atom stereocenters. The molecule has 65 heavy (non-hydrogen) atoms. The second kappa shape index (κ2) is 22.8. The van der Waals surface area contributed by atoms with E-state index in [9.17, 15) is 65.1 Å². The molecule has 4 heterocycles. The highest BCUT2D eigenvalue weighted by molar-refractivity contribution is 5.91. The van der Waals surface area contributed by atoms with Crippen LogP contribution in [0.15, 0.2) is 65.2 Å². The molecule has 0 bridgehead atoms. The molecule has 4 aliphatic heterocycles. The van der Waals surface area contributed by atoms with E-state index in [-0.39, 0.29) is 46.8 Å². The van der Waals surface area contributed by atoms with Crippen LogP contribution < -0.4 is 0 Å². The lowest BCUT2D eigenvalue weighted by atomic mass is 9.86. The molecule has 5 rings (SSSR count). The zero-order chi connectivity index (χ0) is 47.7. The fraction of sp³-hybridized carbons (Fsp3) is 0.571. The molecule has 1 aromatic rings. The van der Waals surface area contributed by atoms with Crippen LogP contribution in [0.3, 0.4) is 0 Å². The van der Waals surface area contributed by atoms with Crippen LogP contribution in [0.2, 0.25) is 0 Å². The first-order valence-corrected chi connectivity index (χ1v) is 20.3. The number of benzene rings is 1. The molecular weight excluding hydrogens is 872 g/mol. The number of esters is 4. The molecule has 0 saturated carbocycles. The van der Waals surface area contributed by atoms with E-state index < -0.39 is 136 Å². The topological polar surface area (TPSA) is 343 Å². The number of phenolic OH excluding ortho intramolecular Hbond substituents is 2. The summed E-state index contributed by atoms with van der Waals surface area (Å²) in [5.74, 6) is -6.68. The van der Waals surface area contributed by atoms with Gasteiger partial charge in [0, 0.05) is 29.4 Å². The minimum atomic E-state index is -2.00. The molecule has 9 N–H and O–H groups in total. The van der Waals surface area contributed by atoms with Gasteiger partial charge in [-0.2, -0.15) is 0 Å². The lowest BCUT2D eigenvalue weighted by molar-refractivity contribution is -0.329. The van der Waals surface area contributed by atoms with Gasteiger partial charge in [0.15, 0.2) is 30.2 Å². The van der Waals surface area contributed by atoms with E-state index in [4.69, 9.17) is 47.4 Å². The van der Waals surface area contributed by atoms with Crippen LogP contribution in [-0.4, -0.2) is 178 Å². The SMILES string of the molecule is CC=C1[C@H](O[C@@H]2O[C@H](CO)[C@@H](O)[C@H](O)[C@H]2O)OC=C(C(=O)OC)[C@H]1CC(=O)O[C@@H]1[C@@H](O)[C@H](O[C@@H]2OC=C(C(=O)OC)[C@@H](CC(=O)OCCc3ccc(O)c(O)c3)C2=CC)O[C@H](CO)[C@H]1O. The highest BCUT2D eigenvalue weighted by atomic mass is 16.8. The van der Waals surface area contributed by atoms with Gasteiger partial charge in [0.2, 0.25) is 12.6 Å². The summed E-state index contributed by atoms with van der Waals surface area (Å²) < 4.78 is 54.9. The monoisotopic (exact) mass is 926 g/mol. The molecule has 23 nitrogen and oxygen atoms in total. The van der Waals surface area contributed by atoms with Crippen molar-refractivity contribution in [3.8, 4) is 11.5 Å². The second-order valence-corrected chi connectivity index (χ2v) is 15.1. The van der Waals surface area contributed by atoms with Crippen LogP contribution in [0, 0.1) is 11.8 Å². The number of carbonyl (C=O) groups is 4. The average molecular weight is 927 g/mol. The summed E-state index contributed by atoms with van der Waals surface area (Å²) in [6, 6.07) is 4.11. The Morgan fingerprint density at radius 3 is 1.66 bits per heavy atom. The first-order chi connectivity index (χ1) is 31.0. The lowest BCUT2D eigenvalue weighted by Crippen LogP contribution is -2.61. The number of aliphatic hydroxyl groups is 7. The number of allylic oxidation sites excluding steroid dienone is 2. The first-order valence-electron chi connectivity index (χ1n) is 20.3. The molecule has 360 valence electrons. The molecule has 2 fully saturated rings. The standard InChI is InChI=1S/C42H54O23/c1-5-19-21(12-29(47)58-10-9-18-7-8-25(45)26(46)11-18)23(37(54)56-3)16-60-40(19)65-42-35(53)36(32(50)28(15-44)62-42)63-30(48)13-22-20(6-2)39(59-17-24(22)38(55)57-4)64-41-34(52)33(51)31(49)27(14-43)61-41/h5-8,11,16-17,21-22,27-28,31-36,39-46,49-53H,9-10,12-15H2,1-4H3/t21-,22-,27+,28+,31+,32+,33-,34+,35+,36-,39-,40-,41-,42-/m0/s1. The van der Waals surface area contributed by atoms with E-state index in [1.54, 1.807) is 6.92 Å². The molecule has 4 aliphatic rings. The Labute approximate surface area is 371 Å². The van der Waals surface area contributed by atoms with Crippen molar-refractivity contribution < 1.29 is 113 Å². The molecule has 0 aliphatic carbocycles. The molecule has 23 heteroatoms. The molecule has 0 amide bonds. The van der Waals surface area contributed by atoms with Gasteiger partial charge < -0.3 is 93.3 Å². The number of methoxy groups -OCH3 is 2. The van der Waals surface area contributed by atoms with Crippen molar-refractivity contribution in [2.75, 3.05) is 34.0 Å². The van der Waals surface area contributed by atoms with Gasteiger partial charge in [-0.25, -0.2) is 9.59 Å². The Morgan fingerprint density at radius 2 is 1.17 bits per heavy atom. The number of phenols is 2. The Bertz CT molecular complexity index is 1980. The number of hydrogen-bond donors (Lipinski definition) is 9. The summed E-state index contributed by atoms with van der Waals surface area (Å²) in [6.07, 6.45) is -16.6. The maximum absolute atomic E-state index is 13.8. The van der Waals surface area contributed by atoms with Gasteiger partial charge in [-0.05, 0) is 31.5 Å². The van der Waals surface area contributed by atoms with Crippen LogP contribution in [0.25, 0.3) is 0 Å². The largest absolute Gasteiger partial charge is 0.504 e. The van der Waals surface area contributed by atoms with Gasteiger partial charge >= 0.3 is 23.9 Å². The van der Waals surface area contributed by atoms with E-state index >= 15 is 0 Å². The summed E-state index contributed by atoms with van der Waals surface area (Å²) in [6.45, 7) is 1.27. The van der Waals surface area contributed by atoms with Crippen molar-refractivity contribution in [2.45, 2.75) is 107 Å². The fourth-order valence-corrected chi connectivity index (χ4v) is 7.57. The number of rotatable bonds is 16. The third-order valence-electron chi connectivity index (χ3n) is 11.1. The van der Waals surface area contributed by atoms with Gasteiger partial charge in [0.05, 0.1) is 70.6 Å². The fourth-order valence-electron chi connectivity index (χ4n) is 7.57. The molecule has 0 spiro atoms. The zero-order valence-corrected chi connectivity index (χ0v) is 35.6. The summed E-state index contributed by atoms with van der Waals surface area (Å²) in [7, 11) is 2.18. The number of carbonyl (C=O) groups excluding carboxylic acids is 4. The third-order valence-corrected chi connectivity index (χ3v) is 11.1. The predicted octanol–water partition coefficient (Wildman–Crippen LogP) is -1.90. The number of ether oxygens (including phenoxy) is 10. The smallest absolute Gasteiger partial charge is 0.337 e. The molecule has 1 aromatic carbocycles. The Balaban J connectivity index is 1.30. The minimum Gasteiger partial charge on any atom is -0.504 e. The van der Waals surface area contributed by atoms with E-state index in [0.29, 0.717) is 5.56 Å². The summed E-state index contributed by atoms with van der Waals surface area (Å²) in [5, 5.41) is 92.7.